The van der Waals surface area contributed by atoms with E-state index in [9.17, 15) is 0 Å². The predicted molar refractivity (Wildman–Crippen MR) is 99.3 cm³/mol. The van der Waals surface area contributed by atoms with E-state index in [1.807, 2.05) is 18.2 Å². The van der Waals surface area contributed by atoms with E-state index in [0.29, 0.717) is 12.5 Å². The second kappa shape index (κ2) is 7.50. The maximum absolute atomic E-state index is 6.03. The van der Waals surface area contributed by atoms with Crippen molar-refractivity contribution >= 4 is 41.5 Å². The SMILES string of the molecule is CC(C)(C)NC(N)=NCC(C)(C)c1cccc(Cl)c1.I. The van der Waals surface area contributed by atoms with Gasteiger partial charge in [-0.1, -0.05) is 37.6 Å². The van der Waals surface area contributed by atoms with Crippen molar-refractivity contribution in [1.29, 1.82) is 0 Å². The Hall–Kier alpha value is -0.490. The molecule has 0 aliphatic carbocycles. The van der Waals surface area contributed by atoms with E-state index in [1.165, 1.54) is 0 Å². The van der Waals surface area contributed by atoms with Gasteiger partial charge >= 0.3 is 0 Å². The molecule has 1 aromatic carbocycles. The van der Waals surface area contributed by atoms with E-state index < -0.39 is 0 Å². The zero-order chi connectivity index (χ0) is 14.7. The van der Waals surface area contributed by atoms with Gasteiger partial charge in [0.05, 0.1) is 6.54 Å². The fourth-order valence-corrected chi connectivity index (χ4v) is 1.90. The van der Waals surface area contributed by atoms with Crippen LogP contribution in [0.5, 0.6) is 0 Å². The van der Waals surface area contributed by atoms with Crippen molar-refractivity contribution in [3.05, 3.63) is 34.9 Å². The number of guanidine groups is 1. The van der Waals surface area contributed by atoms with Crippen LogP contribution in [0.2, 0.25) is 5.02 Å². The highest BCUT2D eigenvalue weighted by Gasteiger charge is 2.21. The van der Waals surface area contributed by atoms with Crippen molar-refractivity contribution in [3.63, 3.8) is 0 Å². The van der Waals surface area contributed by atoms with Gasteiger partial charge in [-0.25, -0.2) is 0 Å². The number of aliphatic imine (C=N–C) groups is 1. The molecule has 0 bridgehead atoms. The van der Waals surface area contributed by atoms with Gasteiger partial charge in [0.25, 0.3) is 0 Å². The second-order valence-electron chi connectivity index (χ2n) is 6.47. The van der Waals surface area contributed by atoms with E-state index in [2.05, 4.69) is 51.0 Å². The number of halogens is 2. The van der Waals surface area contributed by atoms with Crippen molar-refractivity contribution in [2.75, 3.05) is 6.54 Å². The van der Waals surface area contributed by atoms with Gasteiger partial charge in [-0.2, -0.15) is 0 Å². The fraction of sp³-hybridized carbons (Fsp3) is 0.533. The molecule has 0 unspecified atom stereocenters. The molecule has 0 spiro atoms. The number of hydrogen-bond acceptors (Lipinski definition) is 1. The lowest BCUT2D eigenvalue weighted by atomic mass is 9.85. The summed E-state index contributed by atoms with van der Waals surface area (Å²) in [5, 5.41) is 3.90. The van der Waals surface area contributed by atoms with E-state index in [-0.39, 0.29) is 34.9 Å². The summed E-state index contributed by atoms with van der Waals surface area (Å²) in [7, 11) is 0. The first-order valence-electron chi connectivity index (χ1n) is 6.44. The highest BCUT2D eigenvalue weighted by molar-refractivity contribution is 14.0. The first kappa shape index (κ1) is 19.5. The maximum Gasteiger partial charge on any atom is 0.189 e. The van der Waals surface area contributed by atoms with Gasteiger partial charge in [0.1, 0.15) is 0 Å². The van der Waals surface area contributed by atoms with E-state index in [4.69, 9.17) is 17.3 Å². The van der Waals surface area contributed by atoms with Crippen LogP contribution in [0, 0.1) is 0 Å². The number of hydrogen-bond donors (Lipinski definition) is 2. The lowest BCUT2D eigenvalue weighted by Gasteiger charge is -2.25. The molecule has 0 fully saturated rings. The Morgan fingerprint density at radius 1 is 1.25 bits per heavy atom. The average molecular weight is 410 g/mol. The lowest BCUT2D eigenvalue weighted by Crippen LogP contribution is -2.45. The molecule has 114 valence electrons. The number of nitrogens with two attached hydrogens (primary N) is 1. The van der Waals surface area contributed by atoms with E-state index in [0.717, 1.165) is 10.6 Å². The predicted octanol–water partition coefficient (Wildman–Crippen LogP) is 3.94. The molecule has 0 saturated carbocycles. The fourth-order valence-electron chi connectivity index (χ4n) is 1.71. The number of rotatable bonds is 3. The summed E-state index contributed by atoms with van der Waals surface area (Å²) in [6.45, 7) is 11.0. The monoisotopic (exact) mass is 409 g/mol. The highest BCUT2D eigenvalue weighted by atomic mass is 127. The van der Waals surface area contributed by atoms with Gasteiger partial charge in [0.2, 0.25) is 0 Å². The minimum Gasteiger partial charge on any atom is -0.370 e. The van der Waals surface area contributed by atoms with Gasteiger partial charge in [0.15, 0.2) is 5.96 Å². The summed E-state index contributed by atoms with van der Waals surface area (Å²) in [5.74, 6) is 0.475. The van der Waals surface area contributed by atoms with Crippen molar-refractivity contribution in [2.24, 2.45) is 10.7 Å². The third kappa shape index (κ3) is 6.79. The topological polar surface area (TPSA) is 50.4 Å². The molecule has 0 aliphatic heterocycles. The molecule has 5 heteroatoms. The van der Waals surface area contributed by atoms with Crippen LogP contribution >= 0.6 is 35.6 Å². The Bertz CT molecular complexity index is 464. The molecule has 0 heterocycles. The first-order chi connectivity index (χ1) is 8.60. The maximum atomic E-state index is 6.03. The smallest absolute Gasteiger partial charge is 0.189 e. The minimum absolute atomic E-state index is 0. The summed E-state index contributed by atoms with van der Waals surface area (Å²) in [4.78, 5) is 4.43. The molecule has 0 radical (unpaired) electrons. The molecule has 1 aromatic rings. The van der Waals surface area contributed by atoms with Crippen molar-refractivity contribution in [1.82, 2.24) is 5.32 Å². The normalized spacial score (nSPS) is 12.8. The summed E-state index contributed by atoms with van der Waals surface area (Å²) in [6, 6.07) is 7.87. The second-order valence-corrected chi connectivity index (χ2v) is 6.91. The number of nitrogens with zero attached hydrogens (tertiary/aromatic N) is 1. The standard InChI is InChI=1S/C15H24ClN3.HI/c1-14(2,3)19-13(17)18-10-15(4,5)11-7-6-8-12(16)9-11;/h6-9H,10H2,1-5H3,(H3,17,18,19);1H. The lowest BCUT2D eigenvalue weighted by molar-refractivity contribution is 0.500. The van der Waals surface area contributed by atoms with Gasteiger partial charge in [0, 0.05) is 16.0 Å². The largest absolute Gasteiger partial charge is 0.370 e. The van der Waals surface area contributed by atoms with Crippen LogP contribution in [0.25, 0.3) is 0 Å². The Kier molecular flexibility index (Phi) is 7.32. The molecule has 3 N–H and O–H groups in total. The van der Waals surface area contributed by atoms with Crippen molar-refractivity contribution < 1.29 is 0 Å². The molecule has 3 nitrogen and oxygen atoms in total. The molecule has 0 saturated heterocycles. The zero-order valence-electron chi connectivity index (χ0n) is 12.8. The van der Waals surface area contributed by atoms with Crippen LogP contribution in [-0.4, -0.2) is 18.0 Å². The van der Waals surface area contributed by atoms with E-state index in [1.54, 1.807) is 0 Å². The van der Waals surface area contributed by atoms with Gasteiger partial charge in [-0.05, 0) is 38.5 Å². The van der Waals surface area contributed by atoms with Crippen LogP contribution in [-0.2, 0) is 5.41 Å². The Morgan fingerprint density at radius 2 is 1.85 bits per heavy atom. The summed E-state index contributed by atoms with van der Waals surface area (Å²) < 4.78 is 0. The third-order valence-corrected chi connectivity index (χ3v) is 2.99. The Balaban J connectivity index is 0.00000361. The van der Waals surface area contributed by atoms with E-state index >= 15 is 0 Å². The minimum atomic E-state index is -0.102. The highest BCUT2D eigenvalue weighted by Crippen LogP contribution is 2.25. The summed E-state index contributed by atoms with van der Waals surface area (Å²) in [6.07, 6.45) is 0. The molecule has 0 aliphatic rings. The van der Waals surface area contributed by atoms with Crippen LogP contribution in [0.3, 0.4) is 0 Å². The zero-order valence-corrected chi connectivity index (χ0v) is 15.9. The summed E-state index contributed by atoms with van der Waals surface area (Å²) in [5.41, 5.74) is 6.87. The molecule has 0 atom stereocenters. The van der Waals surface area contributed by atoms with Crippen LogP contribution in [0.4, 0.5) is 0 Å². The quantitative estimate of drug-likeness (QED) is 0.451. The third-order valence-electron chi connectivity index (χ3n) is 2.75. The van der Waals surface area contributed by atoms with Crippen molar-refractivity contribution in [3.8, 4) is 0 Å². The first-order valence-corrected chi connectivity index (χ1v) is 6.82. The van der Waals surface area contributed by atoms with Crippen LogP contribution < -0.4 is 11.1 Å². The van der Waals surface area contributed by atoms with Crippen LogP contribution in [0.15, 0.2) is 29.3 Å². The number of nitrogens with one attached hydrogen (secondary N) is 1. The Labute approximate surface area is 144 Å². The number of benzene rings is 1. The molecule has 20 heavy (non-hydrogen) atoms. The van der Waals surface area contributed by atoms with Crippen molar-refractivity contribution in [2.45, 2.75) is 45.6 Å². The van der Waals surface area contributed by atoms with Gasteiger partial charge in [-0.3, -0.25) is 4.99 Å². The van der Waals surface area contributed by atoms with Gasteiger partial charge in [-0.15, -0.1) is 24.0 Å². The molecule has 0 amide bonds. The van der Waals surface area contributed by atoms with Crippen LogP contribution in [0.1, 0.15) is 40.2 Å². The Morgan fingerprint density at radius 3 is 2.35 bits per heavy atom. The van der Waals surface area contributed by atoms with Gasteiger partial charge < -0.3 is 11.1 Å². The molecule has 0 aromatic heterocycles. The molecule has 1 rings (SSSR count). The average Bonchev–Trinajstić information content (AvgIpc) is 2.24. The molecular weight excluding hydrogens is 385 g/mol. The summed E-state index contributed by atoms with van der Waals surface area (Å²) >= 11 is 6.03. The molecular formula is C15H25ClIN3.